The van der Waals surface area contributed by atoms with Gasteiger partial charge in [-0.15, -0.1) is 0 Å². The number of aromatic nitrogens is 1. The Morgan fingerprint density at radius 3 is 2.82 bits per heavy atom. The number of hydrogen-bond acceptors (Lipinski definition) is 2. The van der Waals surface area contributed by atoms with Crippen LogP contribution in [-0.2, 0) is 0 Å². The smallest absolute Gasteiger partial charge is 0.136 e. The minimum Gasteiger partial charge on any atom is -0.389 e. The predicted molar refractivity (Wildman–Crippen MR) is 72.2 cm³/mol. The Labute approximate surface area is 106 Å². The summed E-state index contributed by atoms with van der Waals surface area (Å²) < 4.78 is 0. The molecule has 2 rings (SSSR count). The van der Waals surface area contributed by atoms with Gasteiger partial charge in [0.25, 0.3) is 0 Å². The summed E-state index contributed by atoms with van der Waals surface area (Å²) in [7, 11) is 0. The van der Waals surface area contributed by atoms with E-state index < -0.39 is 6.10 Å². The van der Waals surface area contributed by atoms with Crippen LogP contribution in [0.4, 0.5) is 0 Å². The lowest BCUT2D eigenvalue weighted by Gasteiger charge is -2.03. The van der Waals surface area contributed by atoms with Crippen LogP contribution >= 0.6 is 11.6 Å². The second kappa shape index (κ2) is 4.86. The van der Waals surface area contributed by atoms with Gasteiger partial charge in [0.15, 0.2) is 0 Å². The van der Waals surface area contributed by atoms with Crippen molar-refractivity contribution in [1.29, 1.82) is 0 Å². The van der Waals surface area contributed by atoms with Gasteiger partial charge in [-0.25, -0.2) is 4.98 Å². The zero-order valence-electron chi connectivity index (χ0n) is 9.81. The number of benzene rings is 1. The van der Waals surface area contributed by atoms with Crippen molar-refractivity contribution in [2.24, 2.45) is 0 Å². The maximum absolute atomic E-state index is 9.20. The first kappa shape index (κ1) is 12.1. The Morgan fingerprint density at radius 2 is 2.12 bits per heavy atom. The molecule has 0 fully saturated rings. The van der Waals surface area contributed by atoms with Crippen molar-refractivity contribution >= 4 is 28.6 Å². The van der Waals surface area contributed by atoms with Gasteiger partial charge >= 0.3 is 0 Å². The van der Waals surface area contributed by atoms with Gasteiger partial charge in [0.05, 0.1) is 11.6 Å². The number of aliphatic hydroxyl groups excluding tert-OH is 1. The van der Waals surface area contributed by atoms with E-state index in [1.807, 2.05) is 31.2 Å². The Balaban J connectivity index is 2.52. The summed E-state index contributed by atoms with van der Waals surface area (Å²) in [6.07, 6.45) is 2.99. The number of nitrogens with zero attached hydrogens (tertiary/aromatic N) is 1. The van der Waals surface area contributed by atoms with Crippen LogP contribution < -0.4 is 0 Å². The fourth-order valence-electron chi connectivity index (χ4n) is 1.63. The van der Waals surface area contributed by atoms with E-state index >= 15 is 0 Å². The third-order valence-electron chi connectivity index (χ3n) is 2.51. The van der Waals surface area contributed by atoms with Crippen LogP contribution in [0.3, 0.4) is 0 Å². The zero-order chi connectivity index (χ0) is 12.4. The summed E-state index contributed by atoms with van der Waals surface area (Å²) >= 11 is 6.10. The fourth-order valence-corrected chi connectivity index (χ4v) is 1.84. The van der Waals surface area contributed by atoms with Crippen LogP contribution in [-0.4, -0.2) is 16.2 Å². The van der Waals surface area contributed by atoms with E-state index in [2.05, 4.69) is 4.98 Å². The average Bonchev–Trinajstić information content (AvgIpc) is 2.26. The summed E-state index contributed by atoms with van der Waals surface area (Å²) in [5.41, 5.74) is 2.88. The maximum atomic E-state index is 9.20. The van der Waals surface area contributed by atoms with Gasteiger partial charge < -0.3 is 5.11 Å². The molecule has 1 N–H and O–H groups in total. The second-order valence-electron chi connectivity index (χ2n) is 4.16. The van der Waals surface area contributed by atoms with E-state index in [0.29, 0.717) is 5.15 Å². The lowest BCUT2D eigenvalue weighted by molar-refractivity contribution is 0.245. The number of aryl methyl sites for hydroxylation is 1. The van der Waals surface area contributed by atoms with Crippen molar-refractivity contribution in [1.82, 2.24) is 4.98 Å². The van der Waals surface area contributed by atoms with E-state index in [4.69, 9.17) is 11.6 Å². The molecule has 1 aromatic carbocycles. The van der Waals surface area contributed by atoms with Crippen LogP contribution in [0.25, 0.3) is 17.0 Å². The first-order valence-electron chi connectivity index (χ1n) is 5.49. The van der Waals surface area contributed by atoms with Crippen LogP contribution in [0.5, 0.6) is 0 Å². The highest BCUT2D eigenvalue weighted by atomic mass is 35.5. The number of rotatable bonds is 2. The number of fused-ring (bicyclic) bond motifs is 1. The van der Waals surface area contributed by atoms with Crippen molar-refractivity contribution in [3.8, 4) is 0 Å². The lowest BCUT2D eigenvalue weighted by Crippen LogP contribution is -1.92. The third-order valence-corrected chi connectivity index (χ3v) is 2.81. The molecule has 1 atom stereocenters. The Bertz CT molecular complexity index is 576. The van der Waals surface area contributed by atoms with Gasteiger partial charge in [-0.1, -0.05) is 35.9 Å². The molecular formula is C14H14ClNO. The van der Waals surface area contributed by atoms with Crippen molar-refractivity contribution in [3.63, 3.8) is 0 Å². The van der Waals surface area contributed by atoms with Gasteiger partial charge in [0.2, 0.25) is 0 Å². The van der Waals surface area contributed by atoms with Crippen molar-refractivity contribution in [2.75, 3.05) is 0 Å². The molecule has 88 valence electrons. The quantitative estimate of drug-likeness (QED) is 0.823. The number of hydrogen-bond donors (Lipinski definition) is 1. The second-order valence-corrected chi connectivity index (χ2v) is 4.52. The molecule has 0 radical (unpaired) electrons. The van der Waals surface area contributed by atoms with E-state index in [1.54, 1.807) is 19.1 Å². The van der Waals surface area contributed by atoms with Crippen LogP contribution in [0.15, 0.2) is 30.3 Å². The first-order chi connectivity index (χ1) is 8.06. The molecule has 1 aromatic heterocycles. The highest BCUT2D eigenvalue weighted by molar-refractivity contribution is 6.31. The van der Waals surface area contributed by atoms with Gasteiger partial charge in [0.1, 0.15) is 5.15 Å². The Hall–Kier alpha value is -1.38. The Kier molecular flexibility index (Phi) is 3.46. The molecule has 2 nitrogen and oxygen atoms in total. The number of pyridine rings is 1. The zero-order valence-corrected chi connectivity index (χ0v) is 10.6. The molecule has 0 saturated carbocycles. The first-order valence-corrected chi connectivity index (χ1v) is 5.87. The van der Waals surface area contributed by atoms with Gasteiger partial charge in [0, 0.05) is 10.9 Å². The largest absolute Gasteiger partial charge is 0.389 e. The van der Waals surface area contributed by atoms with E-state index in [-0.39, 0.29) is 0 Å². The van der Waals surface area contributed by atoms with Crippen LogP contribution in [0, 0.1) is 6.92 Å². The molecule has 0 aliphatic carbocycles. The van der Waals surface area contributed by atoms with Crippen molar-refractivity contribution in [2.45, 2.75) is 20.0 Å². The maximum Gasteiger partial charge on any atom is 0.136 e. The molecule has 0 bridgehead atoms. The lowest BCUT2D eigenvalue weighted by atomic mass is 10.1. The molecule has 17 heavy (non-hydrogen) atoms. The minimum absolute atomic E-state index is 0.458. The molecule has 0 saturated heterocycles. The van der Waals surface area contributed by atoms with Crippen molar-refractivity contribution in [3.05, 3.63) is 46.6 Å². The highest BCUT2D eigenvalue weighted by Crippen LogP contribution is 2.22. The Morgan fingerprint density at radius 1 is 1.35 bits per heavy atom. The topological polar surface area (TPSA) is 33.1 Å². The van der Waals surface area contributed by atoms with Gasteiger partial charge in [-0.3, -0.25) is 0 Å². The summed E-state index contributed by atoms with van der Waals surface area (Å²) in [6, 6.07) is 8.04. The number of halogens is 1. The summed E-state index contributed by atoms with van der Waals surface area (Å²) in [5.74, 6) is 0. The highest BCUT2D eigenvalue weighted by Gasteiger charge is 2.02. The molecule has 0 spiro atoms. The van der Waals surface area contributed by atoms with Gasteiger partial charge in [-0.05, 0) is 31.5 Å². The normalized spacial score (nSPS) is 13.4. The van der Waals surface area contributed by atoms with E-state index in [1.165, 1.54) is 0 Å². The summed E-state index contributed by atoms with van der Waals surface area (Å²) in [6.45, 7) is 3.72. The third kappa shape index (κ3) is 2.84. The minimum atomic E-state index is -0.486. The van der Waals surface area contributed by atoms with Crippen LogP contribution in [0.2, 0.25) is 5.15 Å². The molecule has 1 heterocycles. The summed E-state index contributed by atoms with van der Waals surface area (Å²) in [5, 5.41) is 10.7. The predicted octanol–water partition coefficient (Wildman–Crippen LogP) is 3.59. The average molecular weight is 248 g/mol. The molecule has 0 aliphatic rings. The molecule has 0 aliphatic heterocycles. The monoisotopic (exact) mass is 247 g/mol. The number of aliphatic hydroxyl groups is 1. The van der Waals surface area contributed by atoms with Crippen LogP contribution in [0.1, 0.15) is 18.1 Å². The molecule has 0 amide bonds. The van der Waals surface area contributed by atoms with E-state index in [0.717, 1.165) is 22.0 Å². The van der Waals surface area contributed by atoms with Crippen molar-refractivity contribution < 1.29 is 5.11 Å². The SMILES string of the molecule is Cc1ccc2cc(/C=C/C(C)O)c(Cl)nc2c1. The molecule has 1 unspecified atom stereocenters. The standard InChI is InChI=1S/C14H14ClNO/c1-9-3-5-11-8-12(6-4-10(2)17)14(15)16-13(11)7-9/h3-8,10,17H,1-2H3/b6-4+. The summed E-state index contributed by atoms with van der Waals surface area (Å²) in [4.78, 5) is 4.35. The molecule has 3 heteroatoms. The van der Waals surface area contributed by atoms with Gasteiger partial charge in [-0.2, -0.15) is 0 Å². The fraction of sp³-hybridized carbons (Fsp3) is 0.214. The molecular weight excluding hydrogens is 234 g/mol. The molecule has 2 aromatic rings. The van der Waals surface area contributed by atoms with E-state index in [9.17, 15) is 5.11 Å².